The van der Waals surface area contributed by atoms with Crippen molar-refractivity contribution in [2.75, 3.05) is 26.3 Å². The molecule has 0 saturated carbocycles. The number of amides is 3. The van der Waals surface area contributed by atoms with E-state index in [1.165, 1.54) is 30.5 Å². The van der Waals surface area contributed by atoms with Gasteiger partial charge in [-0.05, 0) is 45.0 Å². The van der Waals surface area contributed by atoms with Crippen molar-refractivity contribution in [3.8, 4) is 28.6 Å². The first-order chi connectivity index (χ1) is 18.6. The van der Waals surface area contributed by atoms with E-state index in [1.807, 2.05) is 6.07 Å². The van der Waals surface area contributed by atoms with Crippen molar-refractivity contribution in [2.45, 2.75) is 32.9 Å². The summed E-state index contributed by atoms with van der Waals surface area (Å²) in [6, 6.07) is 8.68. The lowest BCUT2D eigenvalue weighted by molar-refractivity contribution is 0.0247. The molecule has 1 fully saturated rings. The predicted octanol–water partition coefficient (Wildman–Crippen LogP) is 3.81. The molecule has 0 aliphatic carbocycles. The van der Waals surface area contributed by atoms with Crippen LogP contribution in [0.25, 0.3) is 22.5 Å². The molecule has 1 saturated heterocycles. The van der Waals surface area contributed by atoms with Gasteiger partial charge in [0, 0.05) is 24.8 Å². The lowest BCUT2D eigenvalue weighted by atomic mass is 9.98. The molecule has 2 aliphatic rings. The van der Waals surface area contributed by atoms with Gasteiger partial charge >= 0.3 is 12.1 Å². The summed E-state index contributed by atoms with van der Waals surface area (Å²) in [5, 5.41) is 14.0. The third-order valence-electron chi connectivity index (χ3n) is 6.21. The number of morpholine rings is 1. The third-order valence-corrected chi connectivity index (χ3v) is 6.21. The third kappa shape index (κ3) is 4.96. The molecule has 0 spiro atoms. The van der Waals surface area contributed by atoms with E-state index in [2.05, 4.69) is 10.1 Å². The number of benzene rings is 1. The Balaban J connectivity index is 1.62. The van der Waals surface area contributed by atoms with E-state index in [9.17, 15) is 24.0 Å². The molecule has 0 radical (unpaired) electrons. The molecule has 3 aromatic rings. The first kappa shape index (κ1) is 26.0. The zero-order valence-corrected chi connectivity index (χ0v) is 21.6. The molecule has 12 heteroatoms. The second-order valence-corrected chi connectivity index (χ2v) is 10.1. The minimum Gasteiger partial charge on any atom is -0.443 e. The fraction of sp³-hybridized carbons (Fsp3) is 0.333. The van der Waals surface area contributed by atoms with Gasteiger partial charge in [0.1, 0.15) is 11.4 Å². The maximum Gasteiger partial charge on any atom is 0.417 e. The molecule has 1 aromatic carbocycles. The van der Waals surface area contributed by atoms with Crippen LogP contribution in [-0.4, -0.2) is 74.5 Å². The maximum absolute atomic E-state index is 15.0. The fourth-order valence-electron chi connectivity index (χ4n) is 4.45. The van der Waals surface area contributed by atoms with Crippen LogP contribution in [0.5, 0.6) is 0 Å². The van der Waals surface area contributed by atoms with E-state index in [1.54, 1.807) is 31.7 Å². The van der Waals surface area contributed by atoms with Gasteiger partial charge in [-0.1, -0.05) is 6.07 Å². The predicted molar refractivity (Wildman–Crippen MR) is 135 cm³/mol. The Bertz CT molecular complexity index is 1530. The van der Waals surface area contributed by atoms with Crippen molar-refractivity contribution in [3.05, 3.63) is 59.2 Å². The van der Waals surface area contributed by atoms with Crippen LogP contribution in [0, 0.1) is 17.1 Å². The van der Waals surface area contributed by atoms with Crippen molar-refractivity contribution in [1.82, 2.24) is 24.6 Å². The molecule has 0 bridgehead atoms. The van der Waals surface area contributed by atoms with Crippen LogP contribution >= 0.6 is 0 Å². The van der Waals surface area contributed by atoms with Gasteiger partial charge in [-0.25, -0.2) is 23.9 Å². The number of carbonyl (C=O) groups excluding carboxylic acids is 3. The number of hydrogen-bond donors (Lipinski definition) is 0. The van der Waals surface area contributed by atoms with Gasteiger partial charge in [0.15, 0.2) is 0 Å². The number of pyridine rings is 1. The monoisotopic (exact) mass is 532 g/mol. The summed E-state index contributed by atoms with van der Waals surface area (Å²) in [6.07, 6.45) is 0.615. The van der Waals surface area contributed by atoms with E-state index in [-0.39, 0.29) is 51.9 Å². The summed E-state index contributed by atoms with van der Waals surface area (Å²) in [4.78, 5) is 46.3. The molecule has 0 N–H and O–H groups in total. The number of fused-ring (bicyclic) bond motifs is 1. The van der Waals surface area contributed by atoms with Gasteiger partial charge in [-0.3, -0.25) is 4.79 Å². The first-order valence-corrected chi connectivity index (χ1v) is 12.3. The lowest BCUT2D eigenvalue weighted by Gasteiger charge is -2.26. The van der Waals surface area contributed by atoms with Gasteiger partial charge < -0.3 is 14.4 Å². The summed E-state index contributed by atoms with van der Waals surface area (Å²) >= 11 is 0. The Morgan fingerprint density at radius 2 is 1.87 bits per heavy atom. The zero-order valence-electron chi connectivity index (χ0n) is 21.6. The molecule has 2 aromatic heterocycles. The molecular weight excluding hydrogens is 507 g/mol. The topological polar surface area (TPSA) is 131 Å². The number of imide groups is 1. The van der Waals surface area contributed by atoms with E-state index < -0.39 is 23.4 Å². The van der Waals surface area contributed by atoms with Crippen LogP contribution in [0.4, 0.5) is 14.0 Å². The van der Waals surface area contributed by atoms with Gasteiger partial charge in [0.25, 0.3) is 5.91 Å². The summed E-state index contributed by atoms with van der Waals surface area (Å²) < 4.78 is 26.8. The summed E-state index contributed by atoms with van der Waals surface area (Å²) in [5.41, 5.74) is 0.0127. The number of rotatable bonds is 2. The highest BCUT2D eigenvalue weighted by molar-refractivity contribution is 6.10. The summed E-state index contributed by atoms with van der Waals surface area (Å²) in [6.45, 7) is 6.49. The Kier molecular flexibility index (Phi) is 6.61. The van der Waals surface area contributed by atoms with Crippen LogP contribution in [0.2, 0.25) is 0 Å². The highest BCUT2D eigenvalue weighted by Crippen LogP contribution is 2.36. The largest absolute Gasteiger partial charge is 0.443 e. The SMILES string of the molecule is CC(C)(C)OC(=O)N1Cc2nc(-c3c(F)cccc3C#N)cc(-c3ccn(C(=O)N4CCOCC4)n3)c2C1=O. The fourth-order valence-corrected chi connectivity index (χ4v) is 4.45. The second-order valence-electron chi connectivity index (χ2n) is 10.1. The quantitative estimate of drug-likeness (QED) is 0.487. The van der Waals surface area contributed by atoms with Gasteiger partial charge in [-0.15, -0.1) is 0 Å². The zero-order chi connectivity index (χ0) is 27.9. The van der Waals surface area contributed by atoms with Crippen LogP contribution in [0.3, 0.4) is 0 Å². The van der Waals surface area contributed by atoms with Crippen molar-refractivity contribution < 1.29 is 28.2 Å². The van der Waals surface area contributed by atoms with E-state index in [0.29, 0.717) is 26.3 Å². The van der Waals surface area contributed by atoms with Crippen molar-refractivity contribution in [3.63, 3.8) is 0 Å². The number of aromatic nitrogens is 3. The molecular formula is C27H25FN6O5. The summed E-state index contributed by atoms with van der Waals surface area (Å²) in [5.74, 6) is -1.33. The van der Waals surface area contributed by atoms with Crippen molar-refractivity contribution >= 4 is 18.0 Å². The molecule has 11 nitrogen and oxygen atoms in total. The summed E-state index contributed by atoms with van der Waals surface area (Å²) in [7, 11) is 0. The lowest BCUT2D eigenvalue weighted by Crippen LogP contribution is -2.43. The normalized spacial score (nSPS) is 15.2. The first-order valence-electron chi connectivity index (χ1n) is 12.3. The van der Waals surface area contributed by atoms with E-state index in [0.717, 1.165) is 9.58 Å². The second kappa shape index (κ2) is 9.92. The average Bonchev–Trinajstić information content (AvgIpc) is 3.52. The Labute approximate surface area is 223 Å². The Morgan fingerprint density at radius 3 is 2.56 bits per heavy atom. The molecule has 2 aliphatic heterocycles. The van der Waals surface area contributed by atoms with Crippen LogP contribution in [0.1, 0.15) is 42.4 Å². The number of halogens is 1. The smallest absolute Gasteiger partial charge is 0.417 e. The number of nitrogens with zero attached hydrogens (tertiary/aromatic N) is 6. The van der Waals surface area contributed by atoms with Gasteiger partial charge in [0.05, 0.1) is 59.6 Å². The minimum absolute atomic E-state index is 0.0453. The molecule has 4 heterocycles. The van der Waals surface area contributed by atoms with Gasteiger partial charge in [0.2, 0.25) is 0 Å². The van der Waals surface area contributed by atoms with Crippen molar-refractivity contribution in [2.24, 2.45) is 0 Å². The standard InChI is InChI=1S/C27H25FN6O5/c1-27(2,3)39-26(37)33-15-21-23(24(33)35)17(13-20(30-21)22-16(14-29)5-4-6-18(22)28)19-7-8-34(31-19)25(36)32-9-11-38-12-10-32/h4-8,13H,9-12,15H2,1-3H3. The number of carbonyl (C=O) groups is 3. The highest BCUT2D eigenvalue weighted by Gasteiger charge is 2.39. The molecule has 0 atom stereocenters. The molecule has 0 unspecified atom stereocenters. The number of hydrogen-bond acceptors (Lipinski definition) is 8. The molecule has 200 valence electrons. The Hall–Kier alpha value is -4.63. The van der Waals surface area contributed by atoms with Crippen LogP contribution in [-0.2, 0) is 16.0 Å². The maximum atomic E-state index is 15.0. The highest BCUT2D eigenvalue weighted by atomic mass is 19.1. The number of ether oxygens (including phenoxy) is 2. The van der Waals surface area contributed by atoms with Crippen molar-refractivity contribution in [1.29, 1.82) is 5.26 Å². The molecule has 3 amide bonds. The van der Waals surface area contributed by atoms with Gasteiger partial charge in [-0.2, -0.15) is 15.0 Å². The number of nitriles is 1. The van der Waals surface area contributed by atoms with Crippen LogP contribution < -0.4 is 0 Å². The van der Waals surface area contributed by atoms with Crippen LogP contribution in [0.15, 0.2) is 36.5 Å². The van der Waals surface area contributed by atoms with E-state index >= 15 is 0 Å². The average molecular weight is 533 g/mol. The molecule has 39 heavy (non-hydrogen) atoms. The minimum atomic E-state index is -0.852. The Morgan fingerprint density at radius 1 is 1.13 bits per heavy atom. The van der Waals surface area contributed by atoms with E-state index in [4.69, 9.17) is 9.47 Å². The molecule has 5 rings (SSSR count).